The molecular formula is C16H27N3O. The van der Waals surface area contributed by atoms with E-state index in [1.165, 1.54) is 57.8 Å². The first-order valence-corrected chi connectivity index (χ1v) is 8.38. The van der Waals surface area contributed by atoms with E-state index in [4.69, 9.17) is 10.3 Å². The van der Waals surface area contributed by atoms with Crippen molar-refractivity contribution in [2.24, 2.45) is 11.7 Å². The van der Waals surface area contributed by atoms with Crippen LogP contribution in [0.25, 0.3) is 0 Å². The molecule has 1 heterocycles. The monoisotopic (exact) mass is 277 g/mol. The Hall–Kier alpha value is -0.900. The molecule has 2 fully saturated rings. The molecule has 1 aromatic rings. The molecule has 2 aliphatic rings. The average molecular weight is 277 g/mol. The molecule has 0 atom stereocenters. The minimum absolute atomic E-state index is 0.329. The van der Waals surface area contributed by atoms with Gasteiger partial charge in [0, 0.05) is 6.42 Å². The first-order chi connectivity index (χ1) is 9.76. The largest absolute Gasteiger partial charge is 0.339 e. The van der Waals surface area contributed by atoms with Gasteiger partial charge in [-0.3, -0.25) is 0 Å². The van der Waals surface area contributed by atoms with Crippen LogP contribution in [0.5, 0.6) is 0 Å². The number of hydrogen-bond donors (Lipinski definition) is 1. The number of rotatable bonds is 4. The molecule has 2 aliphatic carbocycles. The molecule has 0 bridgehead atoms. The second-order valence-corrected chi connectivity index (χ2v) is 6.77. The molecule has 0 spiro atoms. The van der Waals surface area contributed by atoms with Crippen LogP contribution in [0.4, 0.5) is 0 Å². The van der Waals surface area contributed by atoms with Gasteiger partial charge in [-0.15, -0.1) is 0 Å². The first kappa shape index (κ1) is 14.1. The van der Waals surface area contributed by atoms with Gasteiger partial charge in [-0.25, -0.2) is 0 Å². The van der Waals surface area contributed by atoms with Crippen LogP contribution in [-0.4, -0.2) is 10.1 Å². The van der Waals surface area contributed by atoms with Crippen LogP contribution < -0.4 is 5.73 Å². The maximum Gasteiger partial charge on any atom is 0.226 e. The summed E-state index contributed by atoms with van der Waals surface area (Å²) in [6.45, 7) is 0. The first-order valence-electron chi connectivity index (χ1n) is 8.38. The molecule has 20 heavy (non-hydrogen) atoms. The second-order valence-electron chi connectivity index (χ2n) is 6.77. The number of aromatic nitrogens is 2. The standard InChI is InChI=1S/C16H27N3O/c17-16(11-5-2-6-12-16)15-18-14(20-19-15)10-9-13-7-3-1-4-8-13/h13H,1-12,17H2. The summed E-state index contributed by atoms with van der Waals surface area (Å²) >= 11 is 0. The molecule has 4 nitrogen and oxygen atoms in total. The van der Waals surface area contributed by atoms with Crippen LogP contribution in [0.3, 0.4) is 0 Å². The lowest BCUT2D eigenvalue weighted by molar-refractivity contribution is 0.271. The van der Waals surface area contributed by atoms with Gasteiger partial charge in [0.15, 0.2) is 5.82 Å². The molecule has 112 valence electrons. The molecule has 2 N–H and O–H groups in total. The Balaban J connectivity index is 1.56. The predicted molar refractivity (Wildman–Crippen MR) is 78.1 cm³/mol. The zero-order valence-electron chi connectivity index (χ0n) is 12.4. The highest BCUT2D eigenvalue weighted by Crippen LogP contribution is 2.33. The third-order valence-electron chi connectivity index (χ3n) is 5.15. The molecular weight excluding hydrogens is 250 g/mol. The topological polar surface area (TPSA) is 64.9 Å². The van der Waals surface area contributed by atoms with Crippen molar-refractivity contribution in [2.75, 3.05) is 0 Å². The minimum atomic E-state index is -0.329. The number of aryl methyl sites for hydroxylation is 1. The molecule has 0 saturated heterocycles. The van der Waals surface area contributed by atoms with Crippen molar-refractivity contribution in [2.45, 2.75) is 82.6 Å². The lowest BCUT2D eigenvalue weighted by Gasteiger charge is -2.29. The summed E-state index contributed by atoms with van der Waals surface area (Å²) < 4.78 is 5.43. The van der Waals surface area contributed by atoms with E-state index in [9.17, 15) is 0 Å². The zero-order chi connectivity index (χ0) is 13.8. The Labute approximate surface area is 121 Å². The summed E-state index contributed by atoms with van der Waals surface area (Å²) in [6, 6.07) is 0. The third kappa shape index (κ3) is 3.22. The Morgan fingerprint density at radius 2 is 1.75 bits per heavy atom. The lowest BCUT2D eigenvalue weighted by atomic mass is 9.82. The predicted octanol–water partition coefficient (Wildman–Crippen LogP) is 3.70. The van der Waals surface area contributed by atoms with Crippen LogP contribution >= 0.6 is 0 Å². The SMILES string of the molecule is NC1(c2noc(CCC3CCCCC3)n2)CCCCC1. The van der Waals surface area contributed by atoms with Crippen molar-refractivity contribution >= 4 is 0 Å². The van der Waals surface area contributed by atoms with Crippen molar-refractivity contribution in [1.29, 1.82) is 0 Å². The average Bonchev–Trinajstić information content (AvgIpc) is 2.97. The van der Waals surface area contributed by atoms with Gasteiger partial charge in [0.05, 0.1) is 5.54 Å². The Kier molecular flexibility index (Phi) is 4.39. The fourth-order valence-electron chi connectivity index (χ4n) is 3.77. The zero-order valence-corrected chi connectivity index (χ0v) is 12.4. The Bertz CT molecular complexity index is 417. The fourth-order valence-corrected chi connectivity index (χ4v) is 3.77. The highest BCUT2D eigenvalue weighted by molar-refractivity contribution is 5.05. The Morgan fingerprint density at radius 1 is 1.05 bits per heavy atom. The molecule has 2 saturated carbocycles. The molecule has 0 amide bonds. The molecule has 1 aromatic heterocycles. The van der Waals surface area contributed by atoms with Gasteiger partial charge in [-0.2, -0.15) is 4.98 Å². The van der Waals surface area contributed by atoms with E-state index >= 15 is 0 Å². The number of nitrogens with zero attached hydrogens (tertiary/aromatic N) is 2. The molecule has 0 unspecified atom stereocenters. The fraction of sp³-hybridized carbons (Fsp3) is 0.875. The van der Waals surface area contributed by atoms with Crippen molar-refractivity contribution in [3.8, 4) is 0 Å². The van der Waals surface area contributed by atoms with Gasteiger partial charge in [0.25, 0.3) is 0 Å². The summed E-state index contributed by atoms with van der Waals surface area (Å²) in [7, 11) is 0. The minimum Gasteiger partial charge on any atom is -0.339 e. The highest BCUT2D eigenvalue weighted by Gasteiger charge is 2.34. The summed E-state index contributed by atoms with van der Waals surface area (Å²) in [5.41, 5.74) is 6.12. The van der Waals surface area contributed by atoms with Crippen molar-refractivity contribution in [3.63, 3.8) is 0 Å². The van der Waals surface area contributed by atoms with E-state index in [-0.39, 0.29) is 5.54 Å². The summed E-state index contributed by atoms with van der Waals surface area (Å²) in [5, 5.41) is 4.16. The van der Waals surface area contributed by atoms with E-state index in [1.54, 1.807) is 0 Å². The third-order valence-corrected chi connectivity index (χ3v) is 5.15. The van der Waals surface area contributed by atoms with Crippen LogP contribution in [0.2, 0.25) is 0 Å². The molecule has 3 rings (SSSR count). The van der Waals surface area contributed by atoms with Crippen molar-refractivity contribution in [3.05, 3.63) is 11.7 Å². The highest BCUT2D eigenvalue weighted by atomic mass is 16.5. The number of nitrogens with two attached hydrogens (primary N) is 1. The maximum absolute atomic E-state index is 6.45. The summed E-state index contributed by atoms with van der Waals surface area (Å²) in [6.07, 6.45) is 14.7. The normalized spacial score (nSPS) is 23.9. The summed E-state index contributed by atoms with van der Waals surface area (Å²) in [4.78, 5) is 4.59. The maximum atomic E-state index is 6.45. The van der Waals surface area contributed by atoms with Gasteiger partial charge in [0.1, 0.15) is 0 Å². The molecule has 0 radical (unpaired) electrons. The van der Waals surface area contributed by atoms with Gasteiger partial charge in [-0.1, -0.05) is 56.5 Å². The van der Waals surface area contributed by atoms with Crippen molar-refractivity contribution in [1.82, 2.24) is 10.1 Å². The van der Waals surface area contributed by atoms with Gasteiger partial charge in [0.2, 0.25) is 5.89 Å². The number of hydrogen-bond acceptors (Lipinski definition) is 4. The summed E-state index contributed by atoms with van der Waals surface area (Å²) in [5.74, 6) is 2.40. The second kappa shape index (κ2) is 6.25. The van der Waals surface area contributed by atoms with E-state index < -0.39 is 0 Å². The van der Waals surface area contributed by atoms with E-state index in [0.717, 1.165) is 36.9 Å². The van der Waals surface area contributed by atoms with Gasteiger partial charge < -0.3 is 10.3 Å². The van der Waals surface area contributed by atoms with Crippen LogP contribution in [0, 0.1) is 5.92 Å². The van der Waals surface area contributed by atoms with Crippen LogP contribution in [0.15, 0.2) is 4.52 Å². The Morgan fingerprint density at radius 3 is 2.50 bits per heavy atom. The molecule has 0 aliphatic heterocycles. The van der Waals surface area contributed by atoms with Gasteiger partial charge >= 0.3 is 0 Å². The van der Waals surface area contributed by atoms with E-state index in [0.29, 0.717) is 0 Å². The van der Waals surface area contributed by atoms with Crippen molar-refractivity contribution < 1.29 is 4.52 Å². The molecule has 4 heteroatoms. The molecule has 0 aromatic carbocycles. The van der Waals surface area contributed by atoms with Crippen LogP contribution in [-0.2, 0) is 12.0 Å². The van der Waals surface area contributed by atoms with E-state index in [1.807, 2.05) is 0 Å². The van der Waals surface area contributed by atoms with Crippen LogP contribution in [0.1, 0.15) is 82.3 Å². The van der Waals surface area contributed by atoms with Gasteiger partial charge in [-0.05, 0) is 25.2 Å². The lowest BCUT2D eigenvalue weighted by Crippen LogP contribution is -2.39. The van der Waals surface area contributed by atoms with E-state index in [2.05, 4.69) is 10.1 Å². The quantitative estimate of drug-likeness (QED) is 0.911. The smallest absolute Gasteiger partial charge is 0.226 e.